The molecule has 4 heteroatoms. The molecule has 1 N–H and O–H groups in total. The van der Waals surface area contributed by atoms with Crippen molar-refractivity contribution in [3.8, 4) is 17.0 Å². The van der Waals surface area contributed by atoms with E-state index in [0.29, 0.717) is 16.4 Å². The van der Waals surface area contributed by atoms with Crippen molar-refractivity contribution in [1.29, 1.82) is 0 Å². The monoisotopic (exact) mass is 262 g/mol. The molecule has 0 amide bonds. The molecule has 18 heavy (non-hydrogen) atoms. The molecule has 0 unspecified atom stereocenters. The lowest BCUT2D eigenvalue weighted by atomic mass is 9.85. The zero-order chi connectivity index (χ0) is 13.3. The lowest BCUT2D eigenvalue weighted by Crippen LogP contribution is -2.10. The summed E-state index contributed by atoms with van der Waals surface area (Å²) in [7, 11) is 0. The third-order valence-corrected chi connectivity index (χ3v) is 2.97. The van der Waals surface area contributed by atoms with Crippen LogP contribution in [0.3, 0.4) is 0 Å². The van der Waals surface area contributed by atoms with E-state index in [9.17, 15) is 5.11 Å². The highest BCUT2D eigenvalue weighted by atomic mass is 35.5. The van der Waals surface area contributed by atoms with Crippen LogP contribution in [0.1, 0.15) is 26.3 Å². The number of hydrogen-bond acceptors (Lipinski definition) is 3. The van der Waals surface area contributed by atoms with Crippen LogP contribution in [0.5, 0.6) is 5.75 Å². The Bertz CT molecular complexity index is 559. The Labute approximate surface area is 111 Å². The minimum absolute atomic E-state index is 0.0162. The molecule has 0 atom stereocenters. The van der Waals surface area contributed by atoms with Crippen molar-refractivity contribution in [2.75, 3.05) is 0 Å². The number of phenols is 1. The molecular weight excluding hydrogens is 248 g/mol. The van der Waals surface area contributed by atoms with Crippen molar-refractivity contribution in [3.05, 3.63) is 41.0 Å². The summed E-state index contributed by atoms with van der Waals surface area (Å²) in [5.74, 6) is 0.194. The number of hydrogen-bond donors (Lipinski definition) is 1. The van der Waals surface area contributed by atoms with Gasteiger partial charge >= 0.3 is 0 Å². The fourth-order valence-corrected chi connectivity index (χ4v) is 1.77. The molecule has 2 rings (SSSR count). The summed E-state index contributed by atoms with van der Waals surface area (Å²) in [6.07, 6.45) is 0. The standard InChI is InChI=1S/C14H15ClN2O/c1-14(2,3)9-4-6-12(18)10(8-9)11-5-7-13(15)17-16-11/h4-8,18H,1-3H3. The third-order valence-electron chi connectivity index (χ3n) is 2.77. The van der Waals surface area contributed by atoms with Gasteiger partial charge in [0.2, 0.25) is 0 Å². The first kappa shape index (κ1) is 12.8. The van der Waals surface area contributed by atoms with Crippen LogP contribution in [0, 0.1) is 0 Å². The summed E-state index contributed by atoms with van der Waals surface area (Å²) in [6, 6.07) is 8.95. The molecule has 0 radical (unpaired) electrons. The van der Waals surface area contributed by atoms with E-state index in [0.717, 1.165) is 5.56 Å². The number of rotatable bonds is 1. The van der Waals surface area contributed by atoms with Gasteiger partial charge in [-0.15, -0.1) is 10.2 Å². The number of benzene rings is 1. The molecule has 0 fully saturated rings. The minimum atomic E-state index is 0.0162. The quantitative estimate of drug-likeness (QED) is 0.850. The van der Waals surface area contributed by atoms with Crippen molar-refractivity contribution in [1.82, 2.24) is 10.2 Å². The maximum absolute atomic E-state index is 9.92. The smallest absolute Gasteiger partial charge is 0.151 e. The Morgan fingerprint density at radius 3 is 2.33 bits per heavy atom. The molecule has 1 aromatic carbocycles. The zero-order valence-electron chi connectivity index (χ0n) is 10.6. The van der Waals surface area contributed by atoms with Gasteiger partial charge in [0.05, 0.1) is 5.69 Å². The molecule has 0 saturated heterocycles. The lowest BCUT2D eigenvalue weighted by molar-refractivity contribution is 0.476. The Morgan fingerprint density at radius 2 is 1.78 bits per heavy atom. The SMILES string of the molecule is CC(C)(C)c1ccc(O)c(-c2ccc(Cl)nn2)c1. The topological polar surface area (TPSA) is 46.0 Å². The second-order valence-electron chi connectivity index (χ2n) is 5.22. The number of halogens is 1. The summed E-state index contributed by atoms with van der Waals surface area (Å²) in [5, 5.41) is 18.0. The van der Waals surface area contributed by atoms with Crippen LogP contribution < -0.4 is 0 Å². The molecule has 0 aliphatic heterocycles. The lowest BCUT2D eigenvalue weighted by Gasteiger charge is -2.20. The van der Waals surface area contributed by atoms with Crippen LogP contribution in [0.15, 0.2) is 30.3 Å². The van der Waals surface area contributed by atoms with Crippen molar-refractivity contribution >= 4 is 11.6 Å². The van der Waals surface area contributed by atoms with Crippen LogP contribution in [0.25, 0.3) is 11.3 Å². The molecule has 0 saturated carbocycles. The Balaban J connectivity index is 2.53. The number of aromatic nitrogens is 2. The molecule has 94 valence electrons. The fourth-order valence-electron chi connectivity index (χ4n) is 1.67. The first-order valence-electron chi connectivity index (χ1n) is 5.71. The van der Waals surface area contributed by atoms with E-state index in [2.05, 4.69) is 31.0 Å². The summed E-state index contributed by atoms with van der Waals surface area (Å²) >= 11 is 5.71. The van der Waals surface area contributed by atoms with Crippen LogP contribution in [0.2, 0.25) is 5.15 Å². The number of nitrogens with zero attached hydrogens (tertiary/aromatic N) is 2. The van der Waals surface area contributed by atoms with E-state index in [1.54, 1.807) is 18.2 Å². The van der Waals surface area contributed by atoms with E-state index in [-0.39, 0.29) is 11.2 Å². The molecule has 0 aliphatic carbocycles. The van der Waals surface area contributed by atoms with Crippen LogP contribution in [0.4, 0.5) is 0 Å². The maximum Gasteiger partial charge on any atom is 0.151 e. The molecule has 2 aromatic rings. The number of aromatic hydroxyl groups is 1. The van der Waals surface area contributed by atoms with Gasteiger partial charge in [0.15, 0.2) is 5.15 Å². The molecule has 0 spiro atoms. The second kappa shape index (κ2) is 4.58. The van der Waals surface area contributed by atoms with E-state index in [4.69, 9.17) is 11.6 Å². The minimum Gasteiger partial charge on any atom is -0.507 e. The van der Waals surface area contributed by atoms with Gasteiger partial charge in [0.25, 0.3) is 0 Å². The van der Waals surface area contributed by atoms with Gasteiger partial charge in [0.1, 0.15) is 5.75 Å². The summed E-state index contributed by atoms with van der Waals surface area (Å²) in [6.45, 7) is 6.37. The average Bonchev–Trinajstić information content (AvgIpc) is 2.29. The molecule has 1 heterocycles. The molecule has 3 nitrogen and oxygen atoms in total. The first-order valence-corrected chi connectivity index (χ1v) is 6.09. The van der Waals surface area contributed by atoms with Crippen molar-refractivity contribution in [2.45, 2.75) is 26.2 Å². The van der Waals surface area contributed by atoms with E-state index >= 15 is 0 Å². The molecular formula is C14H15ClN2O. The highest BCUT2D eigenvalue weighted by molar-refractivity contribution is 6.29. The van der Waals surface area contributed by atoms with E-state index in [1.165, 1.54) is 0 Å². The van der Waals surface area contributed by atoms with E-state index in [1.807, 2.05) is 12.1 Å². The highest BCUT2D eigenvalue weighted by Gasteiger charge is 2.16. The second-order valence-corrected chi connectivity index (χ2v) is 5.61. The van der Waals surface area contributed by atoms with Gasteiger partial charge in [-0.05, 0) is 35.2 Å². The van der Waals surface area contributed by atoms with Crippen LogP contribution >= 0.6 is 11.6 Å². The van der Waals surface area contributed by atoms with Crippen molar-refractivity contribution in [3.63, 3.8) is 0 Å². The summed E-state index contributed by atoms with van der Waals surface area (Å²) in [5.41, 5.74) is 2.43. The average molecular weight is 263 g/mol. The normalized spacial score (nSPS) is 11.6. The first-order chi connectivity index (χ1) is 8.38. The van der Waals surface area contributed by atoms with Gasteiger partial charge in [0, 0.05) is 5.56 Å². The van der Waals surface area contributed by atoms with Crippen LogP contribution in [-0.2, 0) is 5.41 Å². The van der Waals surface area contributed by atoms with Crippen molar-refractivity contribution < 1.29 is 5.11 Å². The Kier molecular flexibility index (Phi) is 3.26. The summed E-state index contributed by atoms with van der Waals surface area (Å²) < 4.78 is 0. The molecule has 0 bridgehead atoms. The van der Waals surface area contributed by atoms with Gasteiger partial charge in [-0.25, -0.2) is 0 Å². The Morgan fingerprint density at radius 1 is 1.06 bits per heavy atom. The van der Waals surface area contributed by atoms with Gasteiger partial charge in [-0.3, -0.25) is 0 Å². The largest absolute Gasteiger partial charge is 0.507 e. The molecule has 0 aliphatic rings. The van der Waals surface area contributed by atoms with Gasteiger partial charge < -0.3 is 5.11 Å². The van der Waals surface area contributed by atoms with Crippen molar-refractivity contribution in [2.24, 2.45) is 0 Å². The summed E-state index contributed by atoms with van der Waals surface area (Å²) in [4.78, 5) is 0. The van der Waals surface area contributed by atoms with Gasteiger partial charge in [-0.2, -0.15) is 0 Å². The Hall–Kier alpha value is -1.61. The number of phenolic OH excluding ortho intramolecular Hbond substituents is 1. The third kappa shape index (κ3) is 2.62. The maximum atomic E-state index is 9.92. The zero-order valence-corrected chi connectivity index (χ0v) is 11.4. The van der Waals surface area contributed by atoms with E-state index < -0.39 is 0 Å². The predicted molar refractivity (Wildman–Crippen MR) is 72.8 cm³/mol. The fraction of sp³-hybridized carbons (Fsp3) is 0.286. The van der Waals surface area contributed by atoms with Crippen LogP contribution in [-0.4, -0.2) is 15.3 Å². The van der Waals surface area contributed by atoms with Gasteiger partial charge in [-0.1, -0.05) is 38.4 Å². The highest BCUT2D eigenvalue weighted by Crippen LogP contribution is 2.32. The predicted octanol–water partition coefficient (Wildman–Crippen LogP) is 3.80. The molecule has 1 aromatic heterocycles.